The summed E-state index contributed by atoms with van der Waals surface area (Å²) in [6.07, 6.45) is 1.47. The van der Waals surface area contributed by atoms with E-state index in [-0.39, 0.29) is 19.2 Å². The zero-order valence-electron chi connectivity index (χ0n) is 12.5. The van der Waals surface area contributed by atoms with Gasteiger partial charge in [0.15, 0.2) is 0 Å². The SMILES string of the molecule is CC(C)(C)OC(=O)N1CC(O)(c2cccc3[nH]ccc23)C1. The Morgan fingerprint density at radius 3 is 2.71 bits per heavy atom. The van der Waals surface area contributed by atoms with Gasteiger partial charge in [-0.2, -0.15) is 0 Å². The van der Waals surface area contributed by atoms with Crippen molar-refractivity contribution < 1.29 is 14.6 Å². The van der Waals surface area contributed by atoms with Crippen LogP contribution in [-0.2, 0) is 10.3 Å². The molecule has 0 atom stereocenters. The van der Waals surface area contributed by atoms with E-state index in [2.05, 4.69) is 4.98 Å². The minimum absolute atomic E-state index is 0.256. The normalized spacial score (nSPS) is 17.6. The number of rotatable bonds is 1. The predicted molar refractivity (Wildman–Crippen MR) is 80.0 cm³/mol. The number of benzene rings is 1. The number of nitrogens with one attached hydrogen (secondary N) is 1. The van der Waals surface area contributed by atoms with Gasteiger partial charge in [0.2, 0.25) is 0 Å². The number of amides is 1. The number of aliphatic hydroxyl groups is 1. The Morgan fingerprint density at radius 2 is 2.05 bits per heavy atom. The molecule has 5 nitrogen and oxygen atoms in total. The molecule has 1 aromatic carbocycles. The van der Waals surface area contributed by atoms with Gasteiger partial charge in [-0.05, 0) is 38.5 Å². The Hall–Kier alpha value is -2.01. The summed E-state index contributed by atoms with van der Waals surface area (Å²) in [7, 11) is 0. The Bertz CT molecular complexity index is 678. The number of hydrogen-bond donors (Lipinski definition) is 2. The van der Waals surface area contributed by atoms with E-state index in [1.807, 2.05) is 51.2 Å². The molecule has 0 aliphatic carbocycles. The van der Waals surface area contributed by atoms with Crippen molar-refractivity contribution in [1.29, 1.82) is 0 Å². The fourth-order valence-corrected chi connectivity index (χ4v) is 2.70. The molecule has 5 heteroatoms. The smallest absolute Gasteiger partial charge is 0.410 e. The maximum atomic E-state index is 12.0. The van der Waals surface area contributed by atoms with Crippen LogP contribution in [0, 0.1) is 0 Å². The number of aromatic nitrogens is 1. The lowest BCUT2D eigenvalue weighted by Crippen LogP contribution is -2.62. The number of hydrogen-bond acceptors (Lipinski definition) is 3. The van der Waals surface area contributed by atoms with E-state index in [0.717, 1.165) is 16.5 Å². The van der Waals surface area contributed by atoms with Gasteiger partial charge in [0.1, 0.15) is 11.2 Å². The zero-order valence-corrected chi connectivity index (χ0v) is 12.5. The van der Waals surface area contributed by atoms with Gasteiger partial charge < -0.3 is 19.7 Å². The van der Waals surface area contributed by atoms with Crippen LogP contribution in [0.2, 0.25) is 0 Å². The standard InChI is InChI=1S/C16H20N2O3/c1-15(2,3)21-14(19)18-9-16(20,10-18)12-5-4-6-13-11(12)7-8-17-13/h4-8,17,20H,9-10H2,1-3H3. The van der Waals surface area contributed by atoms with Crippen molar-refractivity contribution in [1.82, 2.24) is 9.88 Å². The Labute approximate surface area is 123 Å². The lowest BCUT2D eigenvalue weighted by Gasteiger charge is -2.46. The molecule has 0 unspecified atom stereocenters. The average molecular weight is 288 g/mol. The molecule has 1 aliphatic rings. The molecule has 1 amide bonds. The molecule has 1 saturated heterocycles. The molecule has 0 radical (unpaired) electrons. The Balaban J connectivity index is 1.77. The van der Waals surface area contributed by atoms with Gasteiger partial charge in [-0.25, -0.2) is 4.79 Å². The molecule has 0 bridgehead atoms. The fourth-order valence-electron chi connectivity index (χ4n) is 2.70. The van der Waals surface area contributed by atoms with Gasteiger partial charge in [-0.15, -0.1) is 0 Å². The van der Waals surface area contributed by atoms with Crippen molar-refractivity contribution >= 4 is 17.0 Å². The second-order valence-electron chi connectivity index (χ2n) is 6.61. The summed E-state index contributed by atoms with van der Waals surface area (Å²) in [5, 5.41) is 11.7. The molecular formula is C16H20N2O3. The van der Waals surface area contributed by atoms with Crippen molar-refractivity contribution in [2.45, 2.75) is 32.0 Å². The molecule has 1 fully saturated rings. The number of H-pyrrole nitrogens is 1. The molecule has 0 saturated carbocycles. The van der Waals surface area contributed by atoms with Gasteiger partial charge in [0.25, 0.3) is 0 Å². The van der Waals surface area contributed by atoms with Crippen LogP contribution < -0.4 is 0 Å². The first kappa shape index (κ1) is 13.9. The fraction of sp³-hybridized carbons (Fsp3) is 0.438. The maximum absolute atomic E-state index is 12.0. The van der Waals surface area contributed by atoms with E-state index in [1.165, 1.54) is 4.90 Å². The van der Waals surface area contributed by atoms with E-state index in [4.69, 9.17) is 4.74 Å². The third-order valence-corrected chi connectivity index (χ3v) is 3.65. The molecule has 1 aromatic heterocycles. The van der Waals surface area contributed by atoms with E-state index >= 15 is 0 Å². The van der Waals surface area contributed by atoms with Crippen molar-refractivity contribution in [3.8, 4) is 0 Å². The average Bonchev–Trinajstić information content (AvgIpc) is 2.80. The van der Waals surface area contributed by atoms with Crippen LogP contribution in [-0.4, -0.2) is 39.8 Å². The largest absolute Gasteiger partial charge is 0.444 e. The van der Waals surface area contributed by atoms with Crippen molar-refractivity contribution in [2.24, 2.45) is 0 Å². The highest BCUT2D eigenvalue weighted by Gasteiger charge is 2.47. The predicted octanol–water partition coefficient (Wildman–Crippen LogP) is 2.61. The first-order valence-corrected chi connectivity index (χ1v) is 7.05. The summed E-state index contributed by atoms with van der Waals surface area (Å²) in [6.45, 7) is 6.00. The number of nitrogens with zero attached hydrogens (tertiary/aromatic N) is 1. The molecule has 3 rings (SSSR count). The van der Waals surface area contributed by atoms with Crippen LogP contribution in [0.3, 0.4) is 0 Å². The van der Waals surface area contributed by atoms with Crippen molar-refractivity contribution in [3.05, 3.63) is 36.0 Å². The van der Waals surface area contributed by atoms with E-state index in [9.17, 15) is 9.90 Å². The summed E-state index contributed by atoms with van der Waals surface area (Å²) < 4.78 is 5.31. The van der Waals surface area contributed by atoms with Crippen molar-refractivity contribution in [2.75, 3.05) is 13.1 Å². The van der Waals surface area contributed by atoms with E-state index < -0.39 is 11.2 Å². The highest BCUT2D eigenvalue weighted by atomic mass is 16.6. The molecule has 0 spiro atoms. The summed E-state index contributed by atoms with van der Waals surface area (Å²) in [5.74, 6) is 0. The highest BCUT2D eigenvalue weighted by Crippen LogP contribution is 2.36. The maximum Gasteiger partial charge on any atom is 0.410 e. The summed E-state index contributed by atoms with van der Waals surface area (Å²) in [6, 6.07) is 7.72. The Morgan fingerprint density at radius 1 is 1.33 bits per heavy atom. The molecule has 2 aromatic rings. The molecule has 21 heavy (non-hydrogen) atoms. The number of likely N-dealkylation sites (tertiary alicyclic amines) is 1. The van der Waals surface area contributed by atoms with Gasteiger partial charge in [-0.3, -0.25) is 0 Å². The highest BCUT2D eigenvalue weighted by molar-refractivity contribution is 5.84. The number of ether oxygens (including phenoxy) is 1. The third-order valence-electron chi connectivity index (χ3n) is 3.65. The number of fused-ring (bicyclic) bond motifs is 1. The van der Waals surface area contributed by atoms with E-state index in [1.54, 1.807) is 0 Å². The molecule has 1 aliphatic heterocycles. The van der Waals surface area contributed by atoms with Gasteiger partial charge >= 0.3 is 6.09 Å². The first-order chi connectivity index (χ1) is 9.78. The monoisotopic (exact) mass is 288 g/mol. The number of aromatic amines is 1. The molecule has 2 N–H and O–H groups in total. The lowest BCUT2D eigenvalue weighted by molar-refractivity contribution is -0.102. The Kier molecular flexibility index (Phi) is 2.99. The molecule has 112 valence electrons. The van der Waals surface area contributed by atoms with Crippen LogP contribution in [0.15, 0.2) is 30.5 Å². The number of carbonyl (C=O) groups is 1. The van der Waals surface area contributed by atoms with Gasteiger partial charge in [0.05, 0.1) is 13.1 Å². The van der Waals surface area contributed by atoms with Crippen LogP contribution >= 0.6 is 0 Å². The van der Waals surface area contributed by atoms with Crippen LogP contribution in [0.25, 0.3) is 10.9 Å². The lowest BCUT2D eigenvalue weighted by atomic mass is 9.84. The van der Waals surface area contributed by atoms with Crippen molar-refractivity contribution in [3.63, 3.8) is 0 Å². The first-order valence-electron chi connectivity index (χ1n) is 7.05. The van der Waals surface area contributed by atoms with Gasteiger partial charge in [-0.1, -0.05) is 12.1 Å². The summed E-state index contributed by atoms with van der Waals surface area (Å²) >= 11 is 0. The molecule has 2 heterocycles. The third kappa shape index (κ3) is 2.49. The summed E-state index contributed by atoms with van der Waals surface area (Å²) in [4.78, 5) is 16.6. The summed E-state index contributed by atoms with van der Waals surface area (Å²) in [5.41, 5.74) is 0.307. The topological polar surface area (TPSA) is 65.6 Å². The minimum atomic E-state index is -1.00. The zero-order chi connectivity index (χ0) is 15.3. The van der Waals surface area contributed by atoms with Gasteiger partial charge in [0, 0.05) is 17.1 Å². The van der Waals surface area contributed by atoms with E-state index in [0.29, 0.717) is 0 Å². The number of β-amino-alcohol motifs (C(OH)–C–C–N with tert-alkyl or cyclic N) is 1. The number of carbonyl (C=O) groups excluding carboxylic acids is 1. The quantitative estimate of drug-likeness (QED) is 0.847. The second kappa shape index (κ2) is 4.49. The molecular weight excluding hydrogens is 268 g/mol. The minimum Gasteiger partial charge on any atom is -0.444 e. The van der Waals surface area contributed by atoms with Crippen LogP contribution in [0.1, 0.15) is 26.3 Å². The van der Waals surface area contributed by atoms with Crippen LogP contribution in [0.5, 0.6) is 0 Å². The van der Waals surface area contributed by atoms with Crippen LogP contribution in [0.4, 0.5) is 4.79 Å². The second-order valence-corrected chi connectivity index (χ2v) is 6.61.